The predicted molar refractivity (Wildman–Crippen MR) is 63.0 cm³/mol. The van der Waals surface area contributed by atoms with E-state index in [2.05, 4.69) is 0 Å². The quantitative estimate of drug-likeness (QED) is 0.768. The Morgan fingerprint density at radius 3 is 2.67 bits per heavy atom. The van der Waals surface area contributed by atoms with Crippen molar-refractivity contribution >= 4 is 11.9 Å². The van der Waals surface area contributed by atoms with E-state index in [4.69, 9.17) is 9.84 Å². The minimum Gasteiger partial charge on any atom is -0.508 e. The average molecular weight is 253 g/mol. The molecule has 2 N–H and O–H groups in total. The van der Waals surface area contributed by atoms with Crippen molar-refractivity contribution in [3.8, 4) is 5.75 Å². The van der Waals surface area contributed by atoms with Gasteiger partial charge in [0.1, 0.15) is 19.0 Å². The summed E-state index contributed by atoms with van der Waals surface area (Å²) in [7, 11) is 1.58. The first-order chi connectivity index (χ1) is 8.49. The summed E-state index contributed by atoms with van der Waals surface area (Å²) >= 11 is 0. The van der Waals surface area contributed by atoms with Crippen LogP contribution >= 0.6 is 0 Å². The SMILES string of the molecule is CN(Cc1cccc(O)c1)C(=O)COCC(=O)O. The van der Waals surface area contributed by atoms with Gasteiger partial charge in [0, 0.05) is 13.6 Å². The number of benzene rings is 1. The maximum atomic E-state index is 11.6. The number of likely N-dealkylation sites (N-methyl/N-ethyl adjacent to an activating group) is 1. The largest absolute Gasteiger partial charge is 0.508 e. The van der Waals surface area contributed by atoms with E-state index in [1.807, 2.05) is 0 Å². The molecule has 0 bridgehead atoms. The third-order valence-corrected chi connectivity index (χ3v) is 2.21. The highest BCUT2D eigenvalue weighted by molar-refractivity contribution is 5.77. The molecule has 0 unspecified atom stereocenters. The molecule has 0 heterocycles. The molecule has 0 saturated heterocycles. The Morgan fingerprint density at radius 1 is 1.33 bits per heavy atom. The second-order valence-electron chi connectivity index (χ2n) is 3.81. The molecule has 6 heteroatoms. The smallest absolute Gasteiger partial charge is 0.329 e. The number of hydrogen-bond donors (Lipinski definition) is 2. The lowest BCUT2D eigenvalue weighted by Crippen LogP contribution is -2.30. The number of carbonyl (C=O) groups is 2. The van der Waals surface area contributed by atoms with Gasteiger partial charge in [0.25, 0.3) is 0 Å². The molecule has 1 aromatic carbocycles. The van der Waals surface area contributed by atoms with Crippen molar-refractivity contribution in [3.63, 3.8) is 0 Å². The van der Waals surface area contributed by atoms with Crippen molar-refractivity contribution in [1.82, 2.24) is 4.90 Å². The van der Waals surface area contributed by atoms with E-state index in [-0.39, 0.29) is 18.3 Å². The number of aromatic hydroxyl groups is 1. The van der Waals surface area contributed by atoms with Crippen LogP contribution in [-0.4, -0.2) is 47.3 Å². The second-order valence-corrected chi connectivity index (χ2v) is 3.81. The van der Waals surface area contributed by atoms with Gasteiger partial charge in [-0.15, -0.1) is 0 Å². The molecule has 6 nitrogen and oxygen atoms in total. The van der Waals surface area contributed by atoms with Gasteiger partial charge in [-0.1, -0.05) is 12.1 Å². The summed E-state index contributed by atoms with van der Waals surface area (Å²) in [5, 5.41) is 17.6. The summed E-state index contributed by atoms with van der Waals surface area (Å²) in [5.74, 6) is -1.30. The highest BCUT2D eigenvalue weighted by Gasteiger charge is 2.10. The van der Waals surface area contributed by atoms with Crippen molar-refractivity contribution in [2.45, 2.75) is 6.54 Å². The zero-order chi connectivity index (χ0) is 13.5. The number of phenolic OH excluding ortho intramolecular Hbond substituents is 1. The fourth-order valence-electron chi connectivity index (χ4n) is 1.35. The number of amides is 1. The lowest BCUT2D eigenvalue weighted by atomic mass is 10.2. The molecule has 98 valence electrons. The normalized spacial score (nSPS) is 10.1. The van der Waals surface area contributed by atoms with E-state index in [1.54, 1.807) is 31.3 Å². The molecule has 18 heavy (non-hydrogen) atoms. The standard InChI is InChI=1S/C12H15NO5/c1-13(11(15)7-18-8-12(16)17)6-9-3-2-4-10(14)5-9/h2-5,14H,6-8H2,1H3,(H,16,17). The van der Waals surface area contributed by atoms with Crippen LogP contribution < -0.4 is 0 Å². The van der Waals surface area contributed by atoms with Crippen LogP contribution in [0, 0.1) is 0 Å². The van der Waals surface area contributed by atoms with E-state index >= 15 is 0 Å². The lowest BCUT2D eigenvalue weighted by molar-refractivity contribution is -0.145. The van der Waals surface area contributed by atoms with Crippen LogP contribution in [0.4, 0.5) is 0 Å². The molecular formula is C12H15NO5. The zero-order valence-electron chi connectivity index (χ0n) is 10.00. The van der Waals surface area contributed by atoms with Crippen LogP contribution in [0.25, 0.3) is 0 Å². The van der Waals surface area contributed by atoms with E-state index < -0.39 is 12.6 Å². The summed E-state index contributed by atoms with van der Waals surface area (Å²) in [5.41, 5.74) is 0.782. The van der Waals surface area contributed by atoms with Crippen LogP contribution in [0.2, 0.25) is 0 Å². The Kier molecular flexibility index (Phi) is 5.13. The average Bonchev–Trinajstić information content (AvgIpc) is 2.28. The van der Waals surface area contributed by atoms with Gasteiger partial charge in [-0.3, -0.25) is 4.79 Å². The molecule has 0 atom stereocenters. The van der Waals surface area contributed by atoms with E-state index in [0.29, 0.717) is 6.54 Å². The molecule has 0 aliphatic rings. The Hall–Kier alpha value is -2.08. The van der Waals surface area contributed by atoms with Crippen molar-refractivity contribution in [1.29, 1.82) is 0 Å². The third kappa shape index (κ3) is 4.84. The monoisotopic (exact) mass is 253 g/mol. The van der Waals surface area contributed by atoms with Crippen molar-refractivity contribution < 1.29 is 24.5 Å². The number of hydrogen-bond acceptors (Lipinski definition) is 4. The number of aliphatic carboxylic acids is 1. The van der Waals surface area contributed by atoms with Crippen LogP contribution in [0.15, 0.2) is 24.3 Å². The maximum Gasteiger partial charge on any atom is 0.329 e. The molecule has 0 saturated carbocycles. The molecule has 0 radical (unpaired) electrons. The summed E-state index contributed by atoms with van der Waals surface area (Å²) in [6, 6.07) is 6.56. The first-order valence-corrected chi connectivity index (χ1v) is 5.30. The highest BCUT2D eigenvalue weighted by Crippen LogP contribution is 2.12. The third-order valence-electron chi connectivity index (χ3n) is 2.21. The number of ether oxygens (including phenoxy) is 1. The van der Waals surface area contributed by atoms with E-state index in [1.165, 1.54) is 4.90 Å². The van der Waals surface area contributed by atoms with Gasteiger partial charge in [0.2, 0.25) is 5.91 Å². The molecule has 1 aromatic rings. The molecule has 1 amide bonds. The van der Waals surface area contributed by atoms with Gasteiger partial charge in [-0.2, -0.15) is 0 Å². The number of carboxylic acids is 1. The number of nitrogens with zero attached hydrogens (tertiary/aromatic N) is 1. The molecule has 0 aromatic heterocycles. The van der Waals surface area contributed by atoms with Crippen LogP contribution in [0.3, 0.4) is 0 Å². The number of phenols is 1. The number of rotatable bonds is 6. The number of carbonyl (C=O) groups excluding carboxylic acids is 1. The van der Waals surface area contributed by atoms with Crippen LogP contribution in [-0.2, 0) is 20.9 Å². The van der Waals surface area contributed by atoms with Crippen molar-refractivity contribution in [2.24, 2.45) is 0 Å². The fourth-order valence-corrected chi connectivity index (χ4v) is 1.35. The Labute approximate surface area is 104 Å². The van der Waals surface area contributed by atoms with E-state index in [0.717, 1.165) is 5.56 Å². The van der Waals surface area contributed by atoms with Gasteiger partial charge < -0.3 is 19.8 Å². The van der Waals surface area contributed by atoms with Gasteiger partial charge in [-0.25, -0.2) is 4.79 Å². The van der Waals surface area contributed by atoms with Crippen LogP contribution in [0.5, 0.6) is 5.75 Å². The van der Waals surface area contributed by atoms with Crippen molar-refractivity contribution in [2.75, 3.05) is 20.3 Å². The Bertz CT molecular complexity index is 432. The van der Waals surface area contributed by atoms with Crippen LogP contribution in [0.1, 0.15) is 5.56 Å². The van der Waals surface area contributed by atoms with Crippen molar-refractivity contribution in [3.05, 3.63) is 29.8 Å². The summed E-state index contributed by atoms with van der Waals surface area (Å²) in [4.78, 5) is 23.2. The zero-order valence-corrected chi connectivity index (χ0v) is 10.00. The first kappa shape index (κ1) is 14.0. The Balaban J connectivity index is 2.42. The maximum absolute atomic E-state index is 11.6. The number of carboxylic acid groups (broad SMARTS) is 1. The predicted octanol–water partition coefficient (Wildman–Crippen LogP) is 0.452. The molecule has 0 fully saturated rings. The lowest BCUT2D eigenvalue weighted by Gasteiger charge is -2.17. The minimum absolute atomic E-state index is 0.135. The summed E-state index contributed by atoms with van der Waals surface area (Å²) in [6.45, 7) is -0.447. The van der Waals surface area contributed by atoms with Gasteiger partial charge in [-0.05, 0) is 17.7 Å². The van der Waals surface area contributed by atoms with Gasteiger partial charge >= 0.3 is 5.97 Å². The second kappa shape index (κ2) is 6.61. The molecule has 0 aliphatic heterocycles. The van der Waals surface area contributed by atoms with Gasteiger partial charge in [0.15, 0.2) is 0 Å². The summed E-state index contributed by atoms with van der Waals surface area (Å²) < 4.78 is 4.70. The molecule has 0 aliphatic carbocycles. The topological polar surface area (TPSA) is 87.1 Å². The highest BCUT2D eigenvalue weighted by atomic mass is 16.5. The van der Waals surface area contributed by atoms with E-state index in [9.17, 15) is 14.7 Å². The first-order valence-electron chi connectivity index (χ1n) is 5.30. The minimum atomic E-state index is -1.11. The molecule has 0 spiro atoms. The summed E-state index contributed by atoms with van der Waals surface area (Å²) in [6.07, 6.45) is 0. The molecule has 1 rings (SSSR count). The molecular weight excluding hydrogens is 238 g/mol. The fraction of sp³-hybridized carbons (Fsp3) is 0.333. The van der Waals surface area contributed by atoms with Gasteiger partial charge in [0.05, 0.1) is 0 Å². The Morgan fingerprint density at radius 2 is 2.06 bits per heavy atom.